The van der Waals surface area contributed by atoms with E-state index in [9.17, 15) is 4.79 Å². The summed E-state index contributed by atoms with van der Waals surface area (Å²) in [6, 6.07) is 12.8. The predicted molar refractivity (Wildman–Crippen MR) is 99.4 cm³/mol. The third kappa shape index (κ3) is 4.32. The van der Waals surface area contributed by atoms with Crippen LogP contribution in [-0.2, 0) is 11.3 Å². The van der Waals surface area contributed by atoms with E-state index in [0.717, 1.165) is 11.3 Å². The summed E-state index contributed by atoms with van der Waals surface area (Å²) in [4.78, 5) is 24.8. The highest BCUT2D eigenvalue weighted by Crippen LogP contribution is 2.21. The van der Waals surface area contributed by atoms with Crippen molar-refractivity contribution in [1.82, 2.24) is 15.0 Å². The fourth-order valence-corrected chi connectivity index (χ4v) is 2.41. The fourth-order valence-electron chi connectivity index (χ4n) is 2.41. The summed E-state index contributed by atoms with van der Waals surface area (Å²) in [6.07, 6.45) is 3.50. The van der Waals surface area contributed by atoms with Crippen molar-refractivity contribution in [2.75, 3.05) is 17.7 Å². The molecule has 0 bridgehead atoms. The molecule has 3 rings (SSSR count). The predicted octanol–water partition coefficient (Wildman–Crippen LogP) is 3.32. The molecule has 0 aliphatic rings. The maximum absolute atomic E-state index is 11.9. The van der Waals surface area contributed by atoms with E-state index in [0.29, 0.717) is 29.6 Å². The first-order valence-electron chi connectivity index (χ1n) is 8.08. The molecule has 0 aliphatic carbocycles. The number of esters is 1. The molecule has 2 heterocycles. The van der Waals surface area contributed by atoms with Gasteiger partial charge in [0.05, 0.1) is 18.4 Å². The number of carbonyl (C=O) groups excluding carboxylic acids is 1. The Morgan fingerprint density at radius 1 is 1.12 bits per heavy atom. The van der Waals surface area contributed by atoms with Gasteiger partial charge in [0.2, 0.25) is 5.95 Å². The van der Waals surface area contributed by atoms with Crippen LogP contribution in [0.1, 0.15) is 21.6 Å². The van der Waals surface area contributed by atoms with E-state index in [-0.39, 0.29) is 0 Å². The third-order valence-electron chi connectivity index (χ3n) is 3.66. The monoisotopic (exact) mass is 349 g/mol. The molecule has 0 atom stereocenters. The van der Waals surface area contributed by atoms with Gasteiger partial charge >= 0.3 is 5.97 Å². The zero-order valence-electron chi connectivity index (χ0n) is 14.6. The molecular formula is C19H19N5O2. The van der Waals surface area contributed by atoms with E-state index >= 15 is 0 Å². The van der Waals surface area contributed by atoms with Gasteiger partial charge in [-0.2, -0.15) is 4.98 Å². The largest absolute Gasteiger partial charge is 0.465 e. The lowest BCUT2D eigenvalue weighted by molar-refractivity contribution is 0.0602. The van der Waals surface area contributed by atoms with E-state index in [1.807, 2.05) is 31.2 Å². The second-order valence-corrected chi connectivity index (χ2v) is 5.59. The molecule has 132 valence electrons. The summed E-state index contributed by atoms with van der Waals surface area (Å²) >= 11 is 0. The average Bonchev–Trinajstić information content (AvgIpc) is 2.66. The molecule has 2 N–H and O–H groups in total. The highest BCUT2D eigenvalue weighted by molar-refractivity contribution is 5.96. The van der Waals surface area contributed by atoms with E-state index in [1.54, 1.807) is 30.6 Å². The molecule has 26 heavy (non-hydrogen) atoms. The molecule has 0 amide bonds. The number of benzene rings is 1. The quantitative estimate of drug-likeness (QED) is 0.660. The second-order valence-electron chi connectivity index (χ2n) is 5.59. The molecule has 0 saturated heterocycles. The molecule has 0 spiro atoms. The van der Waals surface area contributed by atoms with Gasteiger partial charge in [0.15, 0.2) is 0 Å². The molecule has 0 aliphatic heterocycles. The fraction of sp³-hybridized carbons (Fsp3) is 0.158. The molecule has 7 nitrogen and oxygen atoms in total. The van der Waals surface area contributed by atoms with E-state index in [2.05, 4.69) is 25.6 Å². The van der Waals surface area contributed by atoms with Gasteiger partial charge in [0.1, 0.15) is 5.82 Å². The van der Waals surface area contributed by atoms with E-state index in [1.165, 1.54) is 7.11 Å². The average molecular weight is 349 g/mol. The molecule has 0 saturated carbocycles. The van der Waals surface area contributed by atoms with Gasteiger partial charge in [0, 0.05) is 30.7 Å². The second kappa shape index (κ2) is 8.06. The van der Waals surface area contributed by atoms with Crippen LogP contribution in [0.15, 0.2) is 54.9 Å². The van der Waals surface area contributed by atoms with Crippen molar-refractivity contribution in [2.24, 2.45) is 0 Å². The van der Waals surface area contributed by atoms with Crippen molar-refractivity contribution in [3.05, 3.63) is 71.7 Å². The lowest BCUT2D eigenvalue weighted by atomic mass is 10.2. The lowest BCUT2D eigenvalue weighted by Crippen LogP contribution is -2.09. The van der Waals surface area contributed by atoms with E-state index in [4.69, 9.17) is 4.74 Å². The Morgan fingerprint density at radius 2 is 1.88 bits per heavy atom. The van der Waals surface area contributed by atoms with Crippen LogP contribution in [0.25, 0.3) is 0 Å². The van der Waals surface area contributed by atoms with Gasteiger partial charge in [-0.15, -0.1) is 0 Å². The maximum atomic E-state index is 11.9. The summed E-state index contributed by atoms with van der Waals surface area (Å²) in [5, 5.41) is 6.36. The number of nitrogens with zero attached hydrogens (tertiary/aromatic N) is 3. The molecule has 3 aromatic rings. The molecule has 0 radical (unpaired) electrons. The first kappa shape index (κ1) is 17.3. The minimum atomic E-state index is -0.420. The number of carbonyl (C=O) groups is 1. The standard InChI is InChI=1S/C19H19N5O2/c1-13-11-17(21-12-14-7-9-20-10-8-14)24-19(22-13)23-16-6-4-3-5-15(16)18(25)26-2/h3-11H,12H2,1-2H3,(H2,21,22,23,24). The highest BCUT2D eigenvalue weighted by atomic mass is 16.5. The Morgan fingerprint density at radius 3 is 2.65 bits per heavy atom. The van der Waals surface area contributed by atoms with Crippen molar-refractivity contribution in [3.8, 4) is 0 Å². The van der Waals surface area contributed by atoms with Crippen molar-refractivity contribution in [1.29, 1.82) is 0 Å². The van der Waals surface area contributed by atoms with Crippen molar-refractivity contribution in [3.63, 3.8) is 0 Å². The van der Waals surface area contributed by atoms with Crippen LogP contribution in [0.5, 0.6) is 0 Å². The summed E-state index contributed by atoms with van der Waals surface area (Å²) in [6.45, 7) is 2.51. The summed E-state index contributed by atoms with van der Waals surface area (Å²) in [5.41, 5.74) is 2.91. The van der Waals surface area contributed by atoms with Crippen LogP contribution in [0.2, 0.25) is 0 Å². The third-order valence-corrected chi connectivity index (χ3v) is 3.66. The van der Waals surface area contributed by atoms with Crippen molar-refractivity contribution < 1.29 is 9.53 Å². The number of aryl methyl sites for hydroxylation is 1. The number of hydrogen-bond acceptors (Lipinski definition) is 7. The van der Waals surface area contributed by atoms with Gasteiger partial charge in [-0.1, -0.05) is 12.1 Å². The minimum Gasteiger partial charge on any atom is -0.465 e. The molecule has 1 aromatic carbocycles. The van der Waals surface area contributed by atoms with Crippen molar-refractivity contribution >= 4 is 23.4 Å². The number of pyridine rings is 1. The van der Waals surface area contributed by atoms with Gasteiger partial charge in [-0.05, 0) is 36.8 Å². The number of methoxy groups -OCH3 is 1. The molecule has 2 aromatic heterocycles. The summed E-state index contributed by atoms with van der Waals surface area (Å²) in [7, 11) is 1.35. The normalized spacial score (nSPS) is 10.2. The first-order valence-corrected chi connectivity index (χ1v) is 8.08. The van der Waals surface area contributed by atoms with Crippen LogP contribution < -0.4 is 10.6 Å². The molecular weight excluding hydrogens is 330 g/mol. The lowest BCUT2D eigenvalue weighted by Gasteiger charge is -2.12. The Kier molecular flexibility index (Phi) is 5.38. The van der Waals surface area contributed by atoms with Gasteiger partial charge in [0.25, 0.3) is 0 Å². The smallest absolute Gasteiger partial charge is 0.339 e. The molecule has 7 heteroatoms. The van der Waals surface area contributed by atoms with Gasteiger partial charge < -0.3 is 15.4 Å². The number of ether oxygens (including phenoxy) is 1. The number of hydrogen-bond donors (Lipinski definition) is 2. The van der Waals surface area contributed by atoms with Crippen LogP contribution in [0, 0.1) is 6.92 Å². The highest BCUT2D eigenvalue weighted by Gasteiger charge is 2.12. The number of aromatic nitrogens is 3. The number of para-hydroxylation sites is 1. The van der Waals surface area contributed by atoms with Crippen molar-refractivity contribution in [2.45, 2.75) is 13.5 Å². The zero-order valence-corrected chi connectivity index (χ0v) is 14.6. The van der Waals surface area contributed by atoms with Crippen LogP contribution in [0.3, 0.4) is 0 Å². The summed E-state index contributed by atoms with van der Waals surface area (Å²) < 4.78 is 4.81. The Balaban J connectivity index is 1.79. The summed E-state index contributed by atoms with van der Waals surface area (Å²) in [5.74, 6) is 0.669. The van der Waals surface area contributed by atoms with Crippen LogP contribution in [-0.4, -0.2) is 28.0 Å². The maximum Gasteiger partial charge on any atom is 0.339 e. The Labute approximate surface area is 151 Å². The van der Waals surface area contributed by atoms with Gasteiger partial charge in [-0.3, -0.25) is 4.98 Å². The molecule has 0 unspecified atom stereocenters. The number of anilines is 3. The van der Waals surface area contributed by atoms with Crippen LogP contribution in [0.4, 0.5) is 17.5 Å². The first-order chi connectivity index (χ1) is 12.7. The number of nitrogens with one attached hydrogen (secondary N) is 2. The Bertz CT molecular complexity index is 899. The Hall–Kier alpha value is -3.48. The SMILES string of the molecule is COC(=O)c1ccccc1Nc1nc(C)cc(NCc2ccncc2)n1. The topological polar surface area (TPSA) is 89.0 Å². The minimum absolute atomic E-state index is 0.401. The number of rotatable bonds is 6. The molecule has 0 fully saturated rings. The van der Waals surface area contributed by atoms with Gasteiger partial charge in [-0.25, -0.2) is 9.78 Å². The van der Waals surface area contributed by atoms with Crippen LogP contribution >= 0.6 is 0 Å². The van der Waals surface area contributed by atoms with E-state index < -0.39 is 5.97 Å². The zero-order chi connectivity index (χ0) is 18.4.